The van der Waals surface area contributed by atoms with E-state index in [-0.39, 0.29) is 0 Å². The number of rotatable bonds is 5. The third kappa shape index (κ3) is 3.37. The molecule has 0 aliphatic heterocycles. The van der Waals surface area contributed by atoms with E-state index in [1.54, 1.807) is 12.1 Å². The van der Waals surface area contributed by atoms with Crippen molar-refractivity contribution in [3.8, 4) is 17.6 Å². The van der Waals surface area contributed by atoms with Crippen LogP contribution in [-0.2, 0) is 0 Å². The van der Waals surface area contributed by atoms with E-state index in [4.69, 9.17) is 10.00 Å². The van der Waals surface area contributed by atoms with E-state index in [0.717, 1.165) is 12.3 Å². The molecule has 0 saturated heterocycles. The van der Waals surface area contributed by atoms with Gasteiger partial charge in [-0.15, -0.1) is 0 Å². The molecule has 2 aromatic rings. The molecule has 1 unspecified atom stereocenters. The van der Waals surface area contributed by atoms with Crippen molar-refractivity contribution in [2.45, 2.75) is 19.9 Å². The molecule has 3 heteroatoms. The third-order valence-electron chi connectivity index (χ3n) is 3.13. The molecule has 102 valence electrons. The fourth-order valence-corrected chi connectivity index (χ4v) is 2.02. The van der Waals surface area contributed by atoms with E-state index in [2.05, 4.69) is 25.2 Å². The van der Waals surface area contributed by atoms with Crippen molar-refractivity contribution in [3.63, 3.8) is 0 Å². The van der Waals surface area contributed by atoms with Gasteiger partial charge in [-0.3, -0.25) is 0 Å². The molecular formula is C17H18N2O. The lowest BCUT2D eigenvalue weighted by molar-refractivity contribution is 0.480. The topological polar surface area (TPSA) is 45.0 Å². The fourth-order valence-electron chi connectivity index (χ4n) is 2.02. The van der Waals surface area contributed by atoms with Crippen LogP contribution in [0.3, 0.4) is 0 Å². The largest absolute Gasteiger partial charge is 0.456 e. The summed E-state index contributed by atoms with van der Waals surface area (Å²) in [4.78, 5) is 0. The van der Waals surface area contributed by atoms with Crippen molar-refractivity contribution in [2.24, 2.45) is 0 Å². The van der Waals surface area contributed by atoms with Crippen LogP contribution in [0.15, 0.2) is 48.5 Å². The van der Waals surface area contributed by atoms with E-state index in [0.29, 0.717) is 17.4 Å². The molecule has 1 atom stereocenters. The second kappa shape index (κ2) is 6.74. The van der Waals surface area contributed by atoms with E-state index >= 15 is 0 Å². The Balaban J connectivity index is 2.13. The molecule has 0 aliphatic carbocycles. The van der Waals surface area contributed by atoms with Gasteiger partial charge < -0.3 is 10.1 Å². The van der Waals surface area contributed by atoms with Crippen LogP contribution in [0.2, 0.25) is 0 Å². The summed E-state index contributed by atoms with van der Waals surface area (Å²) in [5.74, 6) is 1.32. The number of hydrogen-bond acceptors (Lipinski definition) is 3. The highest BCUT2D eigenvalue weighted by Crippen LogP contribution is 2.25. The van der Waals surface area contributed by atoms with Crippen LogP contribution in [-0.4, -0.2) is 6.54 Å². The van der Waals surface area contributed by atoms with Gasteiger partial charge in [-0.25, -0.2) is 0 Å². The van der Waals surface area contributed by atoms with Crippen LogP contribution in [0.25, 0.3) is 0 Å². The van der Waals surface area contributed by atoms with Crippen LogP contribution in [0.4, 0.5) is 0 Å². The Hall–Kier alpha value is -2.31. The Morgan fingerprint density at radius 3 is 2.50 bits per heavy atom. The highest BCUT2D eigenvalue weighted by Gasteiger charge is 2.06. The normalized spacial score (nSPS) is 11.7. The first-order chi connectivity index (χ1) is 9.74. The average Bonchev–Trinajstić information content (AvgIpc) is 2.49. The summed E-state index contributed by atoms with van der Waals surface area (Å²) in [6.45, 7) is 5.16. The first kappa shape index (κ1) is 14.1. The van der Waals surface area contributed by atoms with E-state index < -0.39 is 0 Å². The van der Waals surface area contributed by atoms with Crippen molar-refractivity contribution in [3.05, 3.63) is 59.7 Å². The molecule has 0 amide bonds. The Bertz CT molecular complexity index is 599. The molecule has 0 fully saturated rings. The SMILES string of the molecule is CCNC(C)c1ccc(Oc2ccccc2C#N)cc1. The third-order valence-corrected chi connectivity index (χ3v) is 3.13. The van der Waals surface area contributed by atoms with Gasteiger partial charge in [-0.2, -0.15) is 5.26 Å². The van der Waals surface area contributed by atoms with Gasteiger partial charge in [-0.1, -0.05) is 31.2 Å². The maximum atomic E-state index is 9.03. The zero-order valence-electron chi connectivity index (χ0n) is 11.8. The van der Waals surface area contributed by atoms with Crippen LogP contribution < -0.4 is 10.1 Å². The number of nitriles is 1. The lowest BCUT2D eigenvalue weighted by Gasteiger charge is -2.13. The van der Waals surface area contributed by atoms with Gasteiger partial charge in [0.1, 0.15) is 17.6 Å². The minimum atomic E-state index is 0.320. The summed E-state index contributed by atoms with van der Waals surface area (Å²) < 4.78 is 5.75. The number of para-hydroxylation sites is 1. The minimum absolute atomic E-state index is 0.320. The van der Waals surface area contributed by atoms with Gasteiger partial charge in [0, 0.05) is 6.04 Å². The molecule has 0 radical (unpaired) electrons. The van der Waals surface area contributed by atoms with Gasteiger partial charge in [-0.05, 0) is 43.3 Å². The summed E-state index contributed by atoms with van der Waals surface area (Å²) in [6.07, 6.45) is 0. The zero-order chi connectivity index (χ0) is 14.4. The summed E-state index contributed by atoms with van der Waals surface area (Å²) in [5.41, 5.74) is 1.75. The standard InChI is InChI=1S/C17H18N2O/c1-3-19-13(2)14-8-10-16(11-9-14)20-17-7-5-4-6-15(17)12-18/h4-11,13,19H,3H2,1-2H3. The molecule has 0 bridgehead atoms. The number of nitrogens with one attached hydrogen (secondary N) is 1. The highest BCUT2D eigenvalue weighted by molar-refractivity contribution is 5.45. The smallest absolute Gasteiger partial charge is 0.145 e. The van der Waals surface area contributed by atoms with Gasteiger partial charge in [0.2, 0.25) is 0 Å². The fraction of sp³-hybridized carbons (Fsp3) is 0.235. The van der Waals surface area contributed by atoms with Gasteiger partial charge >= 0.3 is 0 Å². The predicted molar refractivity (Wildman–Crippen MR) is 79.8 cm³/mol. The van der Waals surface area contributed by atoms with Crippen LogP contribution in [0.1, 0.15) is 31.0 Å². The second-order valence-electron chi connectivity index (χ2n) is 4.56. The molecule has 2 rings (SSSR count). The predicted octanol–water partition coefficient (Wildman–Crippen LogP) is 4.02. The molecular weight excluding hydrogens is 248 g/mol. The molecule has 2 aromatic carbocycles. The van der Waals surface area contributed by atoms with Crippen molar-refractivity contribution >= 4 is 0 Å². The Morgan fingerprint density at radius 1 is 1.15 bits per heavy atom. The van der Waals surface area contributed by atoms with Crippen molar-refractivity contribution in [1.82, 2.24) is 5.32 Å². The summed E-state index contributed by atoms with van der Waals surface area (Å²) in [7, 11) is 0. The molecule has 0 saturated carbocycles. The minimum Gasteiger partial charge on any atom is -0.456 e. The van der Waals surface area contributed by atoms with Crippen molar-refractivity contribution in [2.75, 3.05) is 6.54 Å². The van der Waals surface area contributed by atoms with Crippen LogP contribution in [0, 0.1) is 11.3 Å². The number of nitrogens with zero attached hydrogens (tertiary/aromatic N) is 1. The maximum Gasteiger partial charge on any atom is 0.145 e. The Morgan fingerprint density at radius 2 is 1.85 bits per heavy atom. The molecule has 20 heavy (non-hydrogen) atoms. The highest BCUT2D eigenvalue weighted by atomic mass is 16.5. The Labute approximate surface area is 119 Å². The molecule has 0 aromatic heterocycles. The quantitative estimate of drug-likeness (QED) is 0.889. The van der Waals surface area contributed by atoms with Crippen molar-refractivity contribution < 1.29 is 4.74 Å². The van der Waals surface area contributed by atoms with Crippen molar-refractivity contribution in [1.29, 1.82) is 5.26 Å². The van der Waals surface area contributed by atoms with Gasteiger partial charge in [0.05, 0.1) is 5.56 Å². The lowest BCUT2D eigenvalue weighted by Crippen LogP contribution is -2.17. The van der Waals surface area contributed by atoms with Gasteiger partial charge in [0.25, 0.3) is 0 Å². The van der Waals surface area contributed by atoms with Crippen LogP contribution in [0.5, 0.6) is 11.5 Å². The number of benzene rings is 2. The van der Waals surface area contributed by atoms with Crippen LogP contribution >= 0.6 is 0 Å². The average molecular weight is 266 g/mol. The van der Waals surface area contributed by atoms with E-state index in [9.17, 15) is 0 Å². The molecule has 3 nitrogen and oxygen atoms in total. The number of ether oxygens (including phenoxy) is 1. The monoisotopic (exact) mass is 266 g/mol. The van der Waals surface area contributed by atoms with E-state index in [1.165, 1.54) is 5.56 Å². The summed E-state index contributed by atoms with van der Waals surface area (Å²) >= 11 is 0. The zero-order valence-corrected chi connectivity index (χ0v) is 11.8. The first-order valence-corrected chi connectivity index (χ1v) is 6.75. The molecule has 0 aliphatic rings. The molecule has 1 N–H and O–H groups in total. The first-order valence-electron chi connectivity index (χ1n) is 6.75. The molecule has 0 heterocycles. The van der Waals surface area contributed by atoms with Gasteiger partial charge in [0.15, 0.2) is 0 Å². The van der Waals surface area contributed by atoms with E-state index in [1.807, 2.05) is 36.4 Å². The maximum absolute atomic E-state index is 9.03. The lowest BCUT2D eigenvalue weighted by atomic mass is 10.1. The summed E-state index contributed by atoms with van der Waals surface area (Å²) in [5, 5.41) is 12.4. The second-order valence-corrected chi connectivity index (χ2v) is 4.56. The summed E-state index contributed by atoms with van der Waals surface area (Å²) in [6, 6.07) is 17.6. The number of hydrogen-bond donors (Lipinski definition) is 1. The Kier molecular flexibility index (Phi) is 4.75. The molecule has 0 spiro atoms.